The highest BCUT2D eigenvalue weighted by Crippen LogP contribution is 2.45. The Balaban J connectivity index is 2.03. The molecular formula is C22H19F3NO4PS. The molecular weight excluding hydrogens is 462 g/mol. The van der Waals surface area contributed by atoms with Crippen LogP contribution in [0.1, 0.15) is 5.56 Å². The molecule has 0 atom stereocenters. The Labute approximate surface area is 184 Å². The molecule has 3 aromatic rings. The molecule has 0 unspecified atom stereocenters. The second-order valence-corrected chi connectivity index (χ2v) is 11.3. The van der Waals surface area contributed by atoms with Gasteiger partial charge in [-0.1, -0.05) is 83.5 Å². The SMILES string of the molecule is Cc1ccc(S(=O)(=O)O/N=C(\CP(=O)(c2ccccc2)c2ccccc2)C(F)(F)F)cc1. The van der Waals surface area contributed by atoms with E-state index < -0.39 is 35.3 Å². The van der Waals surface area contributed by atoms with Gasteiger partial charge in [-0.15, -0.1) is 0 Å². The summed E-state index contributed by atoms with van der Waals surface area (Å²) in [7, 11) is -8.46. The molecule has 0 aliphatic rings. The van der Waals surface area contributed by atoms with Crippen molar-refractivity contribution in [3.8, 4) is 0 Å². The van der Waals surface area contributed by atoms with Crippen molar-refractivity contribution in [2.75, 3.05) is 6.16 Å². The van der Waals surface area contributed by atoms with Gasteiger partial charge >= 0.3 is 16.3 Å². The van der Waals surface area contributed by atoms with Gasteiger partial charge in [0.1, 0.15) is 12.0 Å². The van der Waals surface area contributed by atoms with Crippen molar-refractivity contribution in [2.45, 2.75) is 18.0 Å². The number of nitrogens with zero attached hydrogens (tertiary/aromatic N) is 1. The molecule has 0 amide bonds. The van der Waals surface area contributed by atoms with Gasteiger partial charge in [0.2, 0.25) is 0 Å². The van der Waals surface area contributed by atoms with Gasteiger partial charge in [-0.05, 0) is 19.1 Å². The standard InChI is InChI=1S/C22H19F3NO4PS/c1-17-12-14-20(15-13-17)32(28,29)30-26-21(22(23,24)25)16-31(27,18-8-4-2-5-9-18)19-10-6-3-7-11-19/h2-15H,16H2,1H3/b26-21+. The number of halogens is 3. The van der Waals surface area contributed by atoms with E-state index in [2.05, 4.69) is 9.44 Å². The van der Waals surface area contributed by atoms with Crippen molar-refractivity contribution >= 4 is 33.6 Å². The van der Waals surface area contributed by atoms with Crippen LogP contribution >= 0.6 is 7.14 Å². The first kappa shape index (κ1) is 23.8. The van der Waals surface area contributed by atoms with Crippen molar-refractivity contribution in [3.63, 3.8) is 0 Å². The highest BCUT2D eigenvalue weighted by atomic mass is 32.2. The zero-order chi connectivity index (χ0) is 23.4. The normalized spacial score (nSPS) is 13.1. The molecule has 0 radical (unpaired) electrons. The highest BCUT2D eigenvalue weighted by Gasteiger charge is 2.43. The van der Waals surface area contributed by atoms with Gasteiger partial charge in [-0.2, -0.15) is 21.6 Å². The minimum atomic E-state index is -5.07. The fourth-order valence-corrected chi connectivity index (χ4v) is 6.27. The third kappa shape index (κ3) is 5.47. The van der Waals surface area contributed by atoms with Gasteiger partial charge in [-0.25, -0.2) is 0 Å². The average Bonchev–Trinajstić information content (AvgIpc) is 2.77. The molecule has 0 fully saturated rings. The number of oxime groups is 1. The summed E-state index contributed by atoms with van der Waals surface area (Å²) in [4.78, 5) is -0.345. The van der Waals surface area contributed by atoms with Crippen LogP contribution in [0.15, 0.2) is 95.0 Å². The number of rotatable bonds is 7. The van der Waals surface area contributed by atoms with Crippen molar-refractivity contribution in [2.24, 2.45) is 5.16 Å². The lowest BCUT2D eigenvalue weighted by molar-refractivity contribution is -0.0607. The first-order chi connectivity index (χ1) is 15.0. The van der Waals surface area contributed by atoms with Crippen molar-refractivity contribution in [1.82, 2.24) is 0 Å². The fraction of sp³-hybridized carbons (Fsp3) is 0.136. The first-order valence-electron chi connectivity index (χ1n) is 9.37. The Bertz CT molecular complexity index is 1200. The topological polar surface area (TPSA) is 72.8 Å². The Morgan fingerprint density at radius 2 is 1.34 bits per heavy atom. The number of alkyl halides is 3. The number of hydrogen-bond acceptors (Lipinski definition) is 5. The molecule has 168 valence electrons. The second-order valence-electron chi connectivity index (χ2n) is 6.95. The van der Waals surface area contributed by atoms with E-state index in [1.54, 1.807) is 43.3 Å². The molecule has 5 nitrogen and oxygen atoms in total. The van der Waals surface area contributed by atoms with Crippen molar-refractivity contribution in [3.05, 3.63) is 90.5 Å². The molecule has 0 aliphatic carbocycles. The third-order valence-corrected chi connectivity index (χ3v) is 8.73. The lowest BCUT2D eigenvalue weighted by Crippen LogP contribution is -2.32. The zero-order valence-corrected chi connectivity index (χ0v) is 18.6. The molecule has 32 heavy (non-hydrogen) atoms. The minimum Gasteiger partial charge on any atom is -0.313 e. The van der Waals surface area contributed by atoms with Gasteiger partial charge in [0.25, 0.3) is 0 Å². The summed E-state index contributed by atoms with van der Waals surface area (Å²) in [6.07, 6.45) is -6.13. The van der Waals surface area contributed by atoms with Gasteiger partial charge in [0.05, 0.1) is 6.16 Å². The van der Waals surface area contributed by atoms with E-state index >= 15 is 0 Å². The van der Waals surface area contributed by atoms with Gasteiger partial charge < -0.3 is 4.57 Å². The quantitative estimate of drug-likeness (QED) is 0.280. The van der Waals surface area contributed by atoms with Crippen LogP contribution in [0.3, 0.4) is 0 Å². The number of benzene rings is 3. The lowest BCUT2D eigenvalue weighted by Gasteiger charge is -2.21. The molecule has 0 heterocycles. The Kier molecular flexibility index (Phi) is 6.91. The van der Waals surface area contributed by atoms with E-state index in [-0.39, 0.29) is 15.5 Å². The molecule has 0 saturated heterocycles. The van der Waals surface area contributed by atoms with E-state index in [1.165, 1.54) is 48.5 Å². The van der Waals surface area contributed by atoms with E-state index in [0.717, 1.165) is 5.56 Å². The Morgan fingerprint density at radius 3 is 1.78 bits per heavy atom. The van der Waals surface area contributed by atoms with Crippen LogP contribution in [0, 0.1) is 6.92 Å². The zero-order valence-electron chi connectivity index (χ0n) is 16.9. The molecule has 0 spiro atoms. The summed E-state index contributed by atoms with van der Waals surface area (Å²) in [5, 5.41) is 3.30. The van der Waals surface area contributed by atoms with Crippen molar-refractivity contribution in [1.29, 1.82) is 0 Å². The molecule has 0 aliphatic heterocycles. The first-order valence-corrected chi connectivity index (χ1v) is 12.7. The smallest absolute Gasteiger partial charge is 0.313 e. The largest absolute Gasteiger partial charge is 0.433 e. The van der Waals surface area contributed by atoms with Crippen LogP contribution in [0.4, 0.5) is 13.2 Å². The summed E-state index contributed by atoms with van der Waals surface area (Å²) in [5.41, 5.74) is -0.834. The molecule has 10 heteroatoms. The van der Waals surface area contributed by atoms with Crippen LogP contribution in [0.2, 0.25) is 0 Å². The maximum Gasteiger partial charge on any atom is 0.433 e. The maximum absolute atomic E-state index is 13.9. The van der Waals surface area contributed by atoms with Crippen LogP contribution in [-0.2, 0) is 19.0 Å². The van der Waals surface area contributed by atoms with Crippen LogP contribution < -0.4 is 10.6 Å². The molecule has 3 aromatic carbocycles. The van der Waals surface area contributed by atoms with Gasteiger partial charge in [-0.3, -0.25) is 4.28 Å². The predicted octanol–water partition coefficient (Wildman–Crippen LogP) is 4.63. The van der Waals surface area contributed by atoms with Crippen LogP contribution in [-0.4, -0.2) is 26.5 Å². The fourth-order valence-electron chi connectivity index (χ4n) is 2.89. The summed E-state index contributed by atoms with van der Waals surface area (Å²) < 4.78 is 84.3. The van der Waals surface area contributed by atoms with Gasteiger partial charge in [0.15, 0.2) is 5.71 Å². The molecule has 0 N–H and O–H groups in total. The molecule has 3 rings (SSSR count). The second kappa shape index (κ2) is 9.30. The summed E-state index contributed by atoms with van der Waals surface area (Å²) >= 11 is 0. The third-order valence-electron chi connectivity index (χ3n) is 4.60. The van der Waals surface area contributed by atoms with Gasteiger partial charge in [0, 0.05) is 10.6 Å². The van der Waals surface area contributed by atoms with E-state index in [9.17, 15) is 26.2 Å². The molecule has 0 saturated carbocycles. The van der Waals surface area contributed by atoms with Crippen molar-refractivity contribution < 1.29 is 30.4 Å². The van der Waals surface area contributed by atoms with Crippen LogP contribution in [0.5, 0.6) is 0 Å². The molecule has 0 bridgehead atoms. The maximum atomic E-state index is 13.9. The number of aryl methyl sites for hydroxylation is 1. The summed E-state index contributed by atoms with van der Waals surface area (Å²) in [5.74, 6) is 0. The lowest BCUT2D eigenvalue weighted by atomic mass is 10.2. The highest BCUT2D eigenvalue weighted by molar-refractivity contribution is 7.86. The predicted molar refractivity (Wildman–Crippen MR) is 118 cm³/mol. The van der Waals surface area contributed by atoms with E-state index in [0.29, 0.717) is 0 Å². The van der Waals surface area contributed by atoms with E-state index in [4.69, 9.17) is 0 Å². The monoisotopic (exact) mass is 481 g/mol. The molecule has 0 aromatic heterocycles. The Morgan fingerprint density at radius 1 is 0.875 bits per heavy atom. The Hall–Kier alpha value is -2.90. The minimum absolute atomic E-state index is 0.185. The van der Waals surface area contributed by atoms with E-state index in [1.807, 2.05) is 0 Å². The average molecular weight is 481 g/mol. The van der Waals surface area contributed by atoms with Crippen LogP contribution in [0.25, 0.3) is 0 Å². The summed E-state index contributed by atoms with van der Waals surface area (Å²) in [6, 6.07) is 20.8. The number of hydrogen-bond donors (Lipinski definition) is 0. The summed E-state index contributed by atoms with van der Waals surface area (Å²) in [6.45, 7) is 1.72.